The lowest BCUT2D eigenvalue weighted by molar-refractivity contribution is 0.0697. The van der Waals surface area contributed by atoms with Crippen LogP contribution in [0.5, 0.6) is 5.75 Å². The molecule has 7 nitrogen and oxygen atoms in total. The molecule has 2 aromatic rings. The highest BCUT2D eigenvalue weighted by Crippen LogP contribution is 2.37. The largest absolute Gasteiger partial charge is 0.490 e. The number of hydrogen-bond acceptors (Lipinski definition) is 5. The number of aliphatic hydroxyl groups is 1. The Bertz CT molecular complexity index is 914. The molecule has 7 heteroatoms. The first-order valence-electron chi connectivity index (χ1n) is 7.51. The third-order valence-corrected chi connectivity index (χ3v) is 3.91. The Hall–Kier alpha value is -3.37. The average molecular weight is 338 g/mol. The van der Waals surface area contributed by atoms with Crippen molar-refractivity contribution in [2.24, 2.45) is 0 Å². The van der Waals surface area contributed by atoms with Gasteiger partial charge in [-0.15, -0.1) is 0 Å². The molecular weight excluding hydrogens is 324 g/mol. The van der Waals surface area contributed by atoms with Crippen molar-refractivity contribution in [2.45, 2.75) is 6.61 Å². The summed E-state index contributed by atoms with van der Waals surface area (Å²) in [6.45, 7) is 0.196. The van der Waals surface area contributed by atoms with Crippen LogP contribution in [0, 0.1) is 11.3 Å². The van der Waals surface area contributed by atoms with Gasteiger partial charge in [0.15, 0.2) is 0 Å². The molecule has 3 rings (SSSR count). The first kappa shape index (κ1) is 16.5. The van der Waals surface area contributed by atoms with E-state index in [2.05, 4.69) is 5.32 Å². The maximum Gasteiger partial charge on any atom is 0.335 e. The summed E-state index contributed by atoms with van der Waals surface area (Å²) in [4.78, 5) is 23.7. The summed E-state index contributed by atoms with van der Waals surface area (Å²) in [5, 5.41) is 30.7. The summed E-state index contributed by atoms with van der Waals surface area (Å²) in [6.07, 6.45) is 0. The number of carboxylic acid groups (broad SMARTS) is 1. The van der Waals surface area contributed by atoms with Gasteiger partial charge in [0, 0.05) is 5.56 Å². The molecule has 0 spiro atoms. The van der Waals surface area contributed by atoms with Gasteiger partial charge in [0.2, 0.25) is 0 Å². The topological polar surface area (TPSA) is 120 Å². The molecule has 0 bridgehead atoms. The highest BCUT2D eigenvalue weighted by atomic mass is 16.5. The minimum Gasteiger partial charge on any atom is -0.490 e. The van der Waals surface area contributed by atoms with Crippen molar-refractivity contribution in [3.8, 4) is 22.9 Å². The predicted molar refractivity (Wildman–Crippen MR) is 87.3 cm³/mol. The van der Waals surface area contributed by atoms with Crippen molar-refractivity contribution in [3.05, 3.63) is 52.6 Å². The molecule has 3 N–H and O–H groups in total. The summed E-state index contributed by atoms with van der Waals surface area (Å²) in [5.41, 5.74) is 1.77. The van der Waals surface area contributed by atoms with E-state index in [0.29, 0.717) is 28.8 Å². The molecule has 0 aliphatic carbocycles. The number of benzene rings is 2. The number of amides is 1. The van der Waals surface area contributed by atoms with Gasteiger partial charge in [-0.05, 0) is 35.4 Å². The van der Waals surface area contributed by atoms with Gasteiger partial charge in [-0.1, -0.05) is 6.07 Å². The van der Waals surface area contributed by atoms with Crippen LogP contribution in [-0.4, -0.2) is 35.2 Å². The van der Waals surface area contributed by atoms with E-state index in [0.717, 1.165) is 0 Å². The second kappa shape index (κ2) is 6.63. The highest BCUT2D eigenvalue weighted by Gasteiger charge is 2.24. The summed E-state index contributed by atoms with van der Waals surface area (Å²) in [6, 6.07) is 9.35. The monoisotopic (exact) mass is 338 g/mol. The Balaban J connectivity index is 2.31. The number of carbonyl (C=O) groups is 2. The molecule has 0 atom stereocenters. The van der Waals surface area contributed by atoms with E-state index in [1.165, 1.54) is 18.2 Å². The standard InChI is InChI=1S/C18H14N2O5/c19-8-10-1-2-13(12(5-10)9-21)14-6-11(18(23)24)7-15-16(14)25-4-3-20-17(15)22/h1-2,5-7,21H,3-4,9H2,(H,20,22)(H,23,24). The minimum absolute atomic E-state index is 0.0670. The van der Waals surface area contributed by atoms with Crippen LogP contribution in [0.2, 0.25) is 0 Å². The number of nitriles is 1. The first-order chi connectivity index (χ1) is 12.0. The average Bonchev–Trinajstić information content (AvgIpc) is 2.82. The lowest BCUT2D eigenvalue weighted by Crippen LogP contribution is -2.24. The number of nitrogens with zero attached hydrogens (tertiary/aromatic N) is 1. The van der Waals surface area contributed by atoms with Crippen LogP contribution in [-0.2, 0) is 6.61 Å². The van der Waals surface area contributed by atoms with Gasteiger partial charge in [0.1, 0.15) is 12.4 Å². The van der Waals surface area contributed by atoms with Gasteiger partial charge in [-0.25, -0.2) is 4.79 Å². The molecule has 0 radical (unpaired) electrons. The lowest BCUT2D eigenvalue weighted by Gasteiger charge is -2.16. The number of fused-ring (bicyclic) bond motifs is 1. The van der Waals surface area contributed by atoms with Crippen molar-refractivity contribution in [1.82, 2.24) is 5.32 Å². The van der Waals surface area contributed by atoms with Crippen molar-refractivity contribution < 1.29 is 24.5 Å². The lowest BCUT2D eigenvalue weighted by atomic mass is 9.93. The van der Waals surface area contributed by atoms with Crippen LogP contribution in [0.1, 0.15) is 31.8 Å². The number of nitrogens with one attached hydrogen (secondary N) is 1. The molecule has 1 amide bonds. The second-order valence-electron chi connectivity index (χ2n) is 5.45. The second-order valence-corrected chi connectivity index (χ2v) is 5.45. The number of ether oxygens (including phenoxy) is 1. The molecule has 1 aliphatic heterocycles. The van der Waals surface area contributed by atoms with Gasteiger partial charge in [-0.2, -0.15) is 5.26 Å². The van der Waals surface area contributed by atoms with E-state index in [1.54, 1.807) is 12.1 Å². The van der Waals surface area contributed by atoms with Gasteiger partial charge >= 0.3 is 5.97 Å². The highest BCUT2D eigenvalue weighted by molar-refractivity contribution is 6.03. The molecule has 0 fully saturated rings. The van der Waals surface area contributed by atoms with Gasteiger partial charge in [-0.3, -0.25) is 4.79 Å². The number of hydrogen-bond donors (Lipinski definition) is 3. The van der Waals surface area contributed by atoms with Crippen LogP contribution in [0.3, 0.4) is 0 Å². The Morgan fingerprint density at radius 1 is 1.24 bits per heavy atom. The zero-order chi connectivity index (χ0) is 18.0. The molecule has 0 unspecified atom stereocenters. The van der Waals surface area contributed by atoms with E-state index in [9.17, 15) is 19.8 Å². The molecule has 126 valence electrons. The van der Waals surface area contributed by atoms with Crippen LogP contribution >= 0.6 is 0 Å². The molecule has 0 saturated carbocycles. The number of aromatic carboxylic acids is 1. The van der Waals surface area contributed by atoms with Crippen molar-refractivity contribution >= 4 is 11.9 Å². The number of aliphatic hydroxyl groups excluding tert-OH is 1. The summed E-state index contributed by atoms with van der Waals surface area (Å²) >= 11 is 0. The quantitative estimate of drug-likeness (QED) is 0.781. The number of carboxylic acids is 1. The van der Waals surface area contributed by atoms with Crippen LogP contribution in [0.4, 0.5) is 0 Å². The molecule has 1 heterocycles. The number of rotatable bonds is 3. The molecule has 25 heavy (non-hydrogen) atoms. The fraction of sp³-hybridized carbons (Fsp3) is 0.167. The van der Waals surface area contributed by atoms with E-state index >= 15 is 0 Å². The van der Waals surface area contributed by atoms with Crippen molar-refractivity contribution in [3.63, 3.8) is 0 Å². The van der Waals surface area contributed by atoms with E-state index in [4.69, 9.17) is 10.00 Å². The van der Waals surface area contributed by atoms with Gasteiger partial charge in [0.25, 0.3) is 5.91 Å². The van der Waals surface area contributed by atoms with Crippen molar-refractivity contribution in [1.29, 1.82) is 5.26 Å². The van der Waals surface area contributed by atoms with E-state index in [1.807, 2.05) is 6.07 Å². The molecule has 0 saturated heterocycles. The maximum absolute atomic E-state index is 12.2. The summed E-state index contributed by atoms with van der Waals surface area (Å²) in [5.74, 6) is -1.34. The predicted octanol–water partition coefficient (Wildman–Crippen LogP) is 1.54. The summed E-state index contributed by atoms with van der Waals surface area (Å²) in [7, 11) is 0. The van der Waals surface area contributed by atoms with Crippen LogP contribution in [0.25, 0.3) is 11.1 Å². The molecule has 0 aromatic heterocycles. The normalized spacial score (nSPS) is 13.0. The SMILES string of the molecule is N#Cc1ccc(-c2cc(C(=O)O)cc3c2OCCNC3=O)c(CO)c1. The number of carbonyl (C=O) groups excluding carboxylic acids is 1. The summed E-state index contributed by atoms with van der Waals surface area (Å²) < 4.78 is 5.67. The third-order valence-electron chi connectivity index (χ3n) is 3.91. The first-order valence-corrected chi connectivity index (χ1v) is 7.51. The van der Waals surface area contributed by atoms with E-state index in [-0.39, 0.29) is 30.1 Å². The Morgan fingerprint density at radius 3 is 2.68 bits per heavy atom. The zero-order valence-electron chi connectivity index (χ0n) is 13.1. The smallest absolute Gasteiger partial charge is 0.335 e. The molecular formula is C18H14N2O5. The Morgan fingerprint density at radius 2 is 2.00 bits per heavy atom. The molecule has 2 aromatic carbocycles. The van der Waals surface area contributed by atoms with Crippen molar-refractivity contribution in [2.75, 3.05) is 13.2 Å². The van der Waals surface area contributed by atoms with Gasteiger partial charge in [0.05, 0.1) is 35.9 Å². The van der Waals surface area contributed by atoms with E-state index < -0.39 is 11.9 Å². The molecule has 1 aliphatic rings. The minimum atomic E-state index is -1.18. The van der Waals surface area contributed by atoms with Crippen LogP contribution < -0.4 is 10.1 Å². The Kier molecular flexibility index (Phi) is 4.37. The Labute approximate surface area is 143 Å². The van der Waals surface area contributed by atoms with Crippen LogP contribution in [0.15, 0.2) is 30.3 Å². The fourth-order valence-electron chi connectivity index (χ4n) is 2.75. The maximum atomic E-state index is 12.2. The fourth-order valence-corrected chi connectivity index (χ4v) is 2.75. The third kappa shape index (κ3) is 3.03. The zero-order valence-corrected chi connectivity index (χ0v) is 13.1. The van der Waals surface area contributed by atoms with Gasteiger partial charge < -0.3 is 20.3 Å².